The van der Waals surface area contributed by atoms with Gasteiger partial charge in [0.25, 0.3) is 0 Å². The molecule has 4 heteroatoms. The minimum absolute atomic E-state index is 0.171. The van der Waals surface area contributed by atoms with Gasteiger partial charge in [0.15, 0.2) is 6.10 Å². The van der Waals surface area contributed by atoms with Crippen LogP contribution >= 0.6 is 0 Å². The molecule has 0 spiro atoms. The van der Waals surface area contributed by atoms with Gasteiger partial charge in [-0.05, 0) is 24.3 Å². The fourth-order valence-electron chi connectivity index (χ4n) is 2.76. The number of rotatable bonds is 5. The molecule has 1 aliphatic rings. The van der Waals surface area contributed by atoms with E-state index in [0.717, 1.165) is 5.56 Å². The molecule has 0 radical (unpaired) electrons. The van der Waals surface area contributed by atoms with Gasteiger partial charge in [-0.3, -0.25) is 4.79 Å². The van der Waals surface area contributed by atoms with Gasteiger partial charge in [-0.15, -0.1) is 0 Å². The van der Waals surface area contributed by atoms with Crippen molar-refractivity contribution < 1.29 is 19.4 Å². The Kier molecular flexibility index (Phi) is 5.01. The number of esters is 1. The van der Waals surface area contributed by atoms with Crippen LogP contribution < -0.4 is 0 Å². The van der Waals surface area contributed by atoms with Crippen LogP contribution in [0, 0.1) is 5.92 Å². The number of cyclic esters (lactones) is 1. The summed E-state index contributed by atoms with van der Waals surface area (Å²) >= 11 is 0. The van der Waals surface area contributed by atoms with E-state index < -0.39 is 17.9 Å². The molecule has 0 saturated carbocycles. The summed E-state index contributed by atoms with van der Waals surface area (Å²) in [6.45, 7) is 5.83. The molecule has 1 aromatic rings. The van der Waals surface area contributed by atoms with Crippen LogP contribution in [0.2, 0.25) is 0 Å². The van der Waals surface area contributed by atoms with Gasteiger partial charge in [0.05, 0.1) is 0 Å². The molecule has 1 heterocycles. The average molecular weight is 302 g/mol. The lowest BCUT2D eigenvalue weighted by Crippen LogP contribution is -2.19. The second-order valence-electron chi connectivity index (χ2n) is 6.02. The van der Waals surface area contributed by atoms with E-state index in [1.54, 1.807) is 0 Å². The predicted molar refractivity (Wildman–Crippen MR) is 83.5 cm³/mol. The van der Waals surface area contributed by atoms with Crippen LogP contribution in [0.5, 0.6) is 0 Å². The number of Topliss-reactive ketones (excluding diaryl/α,β-unsaturated/α-hetero) is 1. The van der Waals surface area contributed by atoms with Crippen LogP contribution in [0.15, 0.2) is 41.7 Å². The zero-order chi connectivity index (χ0) is 16.3. The first-order valence-corrected chi connectivity index (χ1v) is 7.68. The van der Waals surface area contributed by atoms with Crippen molar-refractivity contribution in [3.63, 3.8) is 0 Å². The molecule has 0 aliphatic carbocycles. The number of aliphatic hydroxyl groups excluding tert-OH is 1. The summed E-state index contributed by atoms with van der Waals surface area (Å²) in [6.07, 6.45) is 0.302. The lowest BCUT2D eigenvalue weighted by Gasteiger charge is -2.15. The minimum atomic E-state index is -0.766. The lowest BCUT2D eigenvalue weighted by molar-refractivity contribution is -0.141. The highest BCUT2D eigenvalue weighted by Gasteiger charge is 2.42. The second-order valence-corrected chi connectivity index (χ2v) is 6.02. The quantitative estimate of drug-likeness (QED) is 0.391. The number of hydrogen-bond donors (Lipinski definition) is 1. The van der Waals surface area contributed by atoms with Gasteiger partial charge < -0.3 is 9.84 Å². The first kappa shape index (κ1) is 16.3. The molecule has 118 valence electrons. The zero-order valence-corrected chi connectivity index (χ0v) is 13.2. The largest absolute Gasteiger partial charge is 0.511 e. The van der Waals surface area contributed by atoms with Crippen molar-refractivity contribution in [3.8, 4) is 0 Å². The van der Waals surface area contributed by atoms with Gasteiger partial charge in [-0.25, -0.2) is 4.79 Å². The Bertz CT molecular complexity index is 586. The van der Waals surface area contributed by atoms with E-state index in [0.29, 0.717) is 12.8 Å². The monoisotopic (exact) mass is 302 g/mol. The van der Waals surface area contributed by atoms with Crippen molar-refractivity contribution >= 4 is 11.8 Å². The lowest BCUT2D eigenvalue weighted by atomic mass is 9.90. The number of ether oxygens (including phenoxy) is 1. The molecule has 1 aliphatic heterocycles. The SMILES string of the molecule is CCC(/C(O)=C1\C(=O)OC(CC(C)C)C1=O)c1ccccc1. The van der Waals surface area contributed by atoms with Crippen molar-refractivity contribution in [1.82, 2.24) is 0 Å². The third kappa shape index (κ3) is 3.21. The molecule has 2 rings (SSSR count). The van der Waals surface area contributed by atoms with Crippen LogP contribution in [-0.2, 0) is 14.3 Å². The maximum atomic E-state index is 12.4. The van der Waals surface area contributed by atoms with Gasteiger partial charge in [0, 0.05) is 5.92 Å². The van der Waals surface area contributed by atoms with Crippen molar-refractivity contribution in [3.05, 3.63) is 47.2 Å². The third-order valence-electron chi connectivity index (χ3n) is 3.87. The first-order chi connectivity index (χ1) is 10.5. The number of ketones is 1. The molecule has 1 saturated heterocycles. The van der Waals surface area contributed by atoms with Gasteiger partial charge in [-0.2, -0.15) is 0 Å². The van der Waals surface area contributed by atoms with Crippen molar-refractivity contribution in [1.29, 1.82) is 0 Å². The average Bonchev–Trinajstić information content (AvgIpc) is 2.74. The molecular weight excluding hydrogens is 280 g/mol. The Balaban J connectivity index is 2.35. The summed E-state index contributed by atoms with van der Waals surface area (Å²) in [7, 11) is 0. The molecule has 0 amide bonds. The smallest absolute Gasteiger partial charge is 0.346 e. The Morgan fingerprint density at radius 1 is 1.23 bits per heavy atom. The minimum Gasteiger partial charge on any atom is -0.511 e. The number of carbonyl (C=O) groups excluding carboxylic acids is 2. The Morgan fingerprint density at radius 2 is 1.86 bits per heavy atom. The topological polar surface area (TPSA) is 63.6 Å². The Morgan fingerprint density at radius 3 is 2.41 bits per heavy atom. The highest BCUT2D eigenvalue weighted by molar-refractivity contribution is 6.23. The van der Waals surface area contributed by atoms with E-state index >= 15 is 0 Å². The number of allylic oxidation sites excluding steroid dienone is 1. The molecular formula is C18H22O4. The summed E-state index contributed by atoms with van der Waals surface area (Å²) in [5.41, 5.74) is 0.698. The number of carbonyl (C=O) groups is 2. The number of hydrogen-bond acceptors (Lipinski definition) is 4. The molecule has 2 atom stereocenters. The van der Waals surface area contributed by atoms with Crippen LogP contribution in [0.3, 0.4) is 0 Å². The summed E-state index contributed by atoms with van der Waals surface area (Å²) in [6, 6.07) is 9.37. The van der Waals surface area contributed by atoms with Crippen molar-refractivity contribution in [2.45, 2.75) is 45.6 Å². The molecule has 1 N–H and O–H groups in total. The summed E-state index contributed by atoms with van der Waals surface area (Å²) < 4.78 is 5.14. The molecule has 22 heavy (non-hydrogen) atoms. The van der Waals surface area contributed by atoms with Gasteiger partial charge in [-0.1, -0.05) is 51.1 Å². The van der Waals surface area contributed by atoms with Crippen LogP contribution in [0.25, 0.3) is 0 Å². The number of aliphatic hydroxyl groups is 1. The van der Waals surface area contributed by atoms with Gasteiger partial charge in [0.2, 0.25) is 5.78 Å². The molecule has 1 aromatic carbocycles. The molecule has 1 fully saturated rings. The van der Waals surface area contributed by atoms with E-state index in [1.165, 1.54) is 0 Å². The van der Waals surface area contributed by atoms with E-state index in [-0.39, 0.29) is 23.2 Å². The normalized spacial score (nSPS) is 21.9. The molecule has 4 nitrogen and oxygen atoms in total. The summed E-state index contributed by atoms with van der Waals surface area (Å²) in [5.74, 6) is -1.41. The van der Waals surface area contributed by atoms with E-state index in [2.05, 4.69) is 0 Å². The Labute approximate surface area is 130 Å². The van der Waals surface area contributed by atoms with Crippen molar-refractivity contribution in [2.24, 2.45) is 5.92 Å². The maximum absolute atomic E-state index is 12.4. The van der Waals surface area contributed by atoms with Gasteiger partial charge >= 0.3 is 5.97 Å². The maximum Gasteiger partial charge on any atom is 0.346 e. The molecule has 2 unspecified atom stereocenters. The van der Waals surface area contributed by atoms with Crippen LogP contribution in [-0.4, -0.2) is 23.0 Å². The predicted octanol–water partition coefficient (Wildman–Crippen LogP) is 3.53. The molecule has 0 bridgehead atoms. The standard InChI is InChI=1S/C18H22O4/c1-4-13(12-8-6-5-7-9-12)16(19)15-17(20)14(10-11(2)3)22-18(15)21/h5-9,11,13-14,19H,4,10H2,1-3H3/b16-15+. The van der Waals surface area contributed by atoms with Gasteiger partial charge in [0.1, 0.15) is 11.3 Å². The summed E-state index contributed by atoms with van der Waals surface area (Å²) in [4.78, 5) is 24.4. The Hall–Kier alpha value is -2.10. The second kappa shape index (κ2) is 6.77. The highest BCUT2D eigenvalue weighted by Crippen LogP contribution is 2.32. The summed E-state index contributed by atoms with van der Waals surface area (Å²) in [5, 5.41) is 10.5. The van der Waals surface area contributed by atoms with E-state index in [9.17, 15) is 14.7 Å². The van der Waals surface area contributed by atoms with Crippen LogP contribution in [0.4, 0.5) is 0 Å². The zero-order valence-electron chi connectivity index (χ0n) is 13.2. The number of benzene rings is 1. The molecule has 0 aromatic heterocycles. The third-order valence-corrected chi connectivity index (χ3v) is 3.87. The first-order valence-electron chi connectivity index (χ1n) is 7.68. The highest BCUT2D eigenvalue weighted by atomic mass is 16.6. The van der Waals surface area contributed by atoms with Crippen LogP contribution in [0.1, 0.15) is 45.1 Å². The fraction of sp³-hybridized carbons (Fsp3) is 0.444. The van der Waals surface area contributed by atoms with Crippen molar-refractivity contribution in [2.75, 3.05) is 0 Å². The van der Waals surface area contributed by atoms with E-state index in [4.69, 9.17) is 4.74 Å². The fourth-order valence-corrected chi connectivity index (χ4v) is 2.76. The van der Waals surface area contributed by atoms with E-state index in [1.807, 2.05) is 51.1 Å².